The van der Waals surface area contributed by atoms with E-state index in [-0.39, 0.29) is 13.2 Å². The van der Waals surface area contributed by atoms with E-state index >= 15 is 0 Å². The lowest BCUT2D eigenvalue weighted by Gasteiger charge is -2.39. The molecule has 4 nitrogen and oxygen atoms in total. The van der Waals surface area contributed by atoms with Gasteiger partial charge in [-0.3, -0.25) is 0 Å². The maximum atomic E-state index is 12.5. The molecule has 0 saturated carbocycles. The summed E-state index contributed by atoms with van der Waals surface area (Å²) in [6.45, 7) is 3.35. The van der Waals surface area contributed by atoms with Gasteiger partial charge in [-0.15, -0.1) is 0 Å². The second-order valence-corrected chi connectivity index (χ2v) is 6.92. The summed E-state index contributed by atoms with van der Waals surface area (Å²) >= 11 is 0. The molecular weight excluding hydrogens is 240 g/mol. The number of benzene rings is 1. The summed E-state index contributed by atoms with van der Waals surface area (Å²) in [5.41, 5.74) is 1.60. The monoisotopic (exact) mass is 256 g/mol. The van der Waals surface area contributed by atoms with Crippen molar-refractivity contribution < 1.29 is 18.3 Å². The van der Waals surface area contributed by atoms with Crippen LogP contribution in [0, 0.1) is 13.8 Å². The Morgan fingerprint density at radius 1 is 1.35 bits per heavy atom. The van der Waals surface area contributed by atoms with Crippen LogP contribution in [-0.2, 0) is 14.6 Å². The van der Waals surface area contributed by atoms with Crippen molar-refractivity contribution in [1.82, 2.24) is 0 Å². The molecule has 1 fully saturated rings. The molecule has 0 spiro atoms. The third-order valence-electron chi connectivity index (χ3n) is 3.22. The van der Waals surface area contributed by atoms with Crippen LogP contribution in [0.25, 0.3) is 0 Å². The first kappa shape index (κ1) is 12.5. The zero-order chi connectivity index (χ0) is 12.7. The Morgan fingerprint density at radius 3 is 2.47 bits per heavy atom. The molecule has 1 aromatic rings. The average Bonchev–Trinajstić information content (AvgIpc) is 2.20. The molecule has 1 aliphatic rings. The fourth-order valence-corrected chi connectivity index (χ4v) is 3.84. The van der Waals surface area contributed by atoms with Crippen molar-refractivity contribution in [3.05, 3.63) is 29.3 Å². The minimum atomic E-state index is -3.54. The van der Waals surface area contributed by atoms with E-state index < -0.39 is 21.2 Å². The lowest BCUT2D eigenvalue weighted by molar-refractivity contribution is -0.0367. The molecule has 0 aliphatic carbocycles. The van der Waals surface area contributed by atoms with Crippen LogP contribution in [0.4, 0.5) is 0 Å². The van der Waals surface area contributed by atoms with E-state index in [1.807, 2.05) is 13.0 Å². The maximum absolute atomic E-state index is 12.5. The molecule has 0 unspecified atom stereocenters. The molecule has 1 aromatic carbocycles. The number of aryl methyl sites for hydroxylation is 2. The Bertz CT molecular complexity index is 524. The summed E-state index contributed by atoms with van der Waals surface area (Å²) < 4.78 is 28.8. The first-order valence-corrected chi connectivity index (χ1v) is 6.92. The predicted octanol–water partition coefficient (Wildman–Crippen LogP) is 0.838. The van der Waals surface area contributed by atoms with Crippen molar-refractivity contribution in [2.45, 2.75) is 23.5 Å². The van der Waals surface area contributed by atoms with Gasteiger partial charge in [-0.1, -0.05) is 12.1 Å². The fraction of sp³-hybridized carbons (Fsp3) is 0.500. The van der Waals surface area contributed by atoms with Gasteiger partial charge in [0.15, 0.2) is 9.84 Å². The van der Waals surface area contributed by atoms with Crippen LogP contribution in [0.2, 0.25) is 0 Å². The van der Waals surface area contributed by atoms with Crippen LogP contribution in [0.5, 0.6) is 0 Å². The van der Waals surface area contributed by atoms with Crippen molar-refractivity contribution >= 4 is 9.84 Å². The molecule has 0 atom stereocenters. The Labute approximate surface area is 101 Å². The van der Waals surface area contributed by atoms with Gasteiger partial charge in [-0.25, -0.2) is 8.42 Å². The van der Waals surface area contributed by atoms with Gasteiger partial charge in [0.05, 0.1) is 24.7 Å². The summed E-state index contributed by atoms with van der Waals surface area (Å²) in [6.07, 6.45) is 0. The third kappa shape index (κ3) is 1.78. The van der Waals surface area contributed by atoms with Crippen LogP contribution >= 0.6 is 0 Å². The molecule has 1 heterocycles. The molecule has 0 bridgehead atoms. The van der Waals surface area contributed by atoms with Crippen molar-refractivity contribution in [1.29, 1.82) is 0 Å². The fourth-order valence-electron chi connectivity index (χ4n) is 1.89. The number of hydrogen-bond acceptors (Lipinski definition) is 4. The summed E-state index contributed by atoms with van der Waals surface area (Å²) in [4.78, 5) is 0.301. The van der Waals surface area contributed by atoms with Gasteiger partial charge < -0.3 is 9.84 Å². The standard InChI is InChI=1S/C12H16O4S/c1-9-3-4-10(2)11(5-9)17(14,15)12(6-13)7-16-8-12/h3-5,13H,6-8H2,1-2H3. The van der Waals surface area contributed by atoms with Crippen LogP contribution in [0.15, 0.2) is 23.1 Å². The molecule has 0 amide bonds. The zero-order valence-electron chi connectivity index (χ0n) is 9.93. The molecule has 2 rings (SSSR count). The first-order chi connectivity index (χ1) is 7.93. The molecular formula is C12H16O4S. The predicted molar refractivity (Wildman–Crippen MR) is 63.7 cm³/mol. The largest absolute Gasteiger partial charge is 0.395 e. The lowest BCUT2D eigenvalue weighted by atomic mass is 10.1. The highest BCUT2D eigenvalue weighted by Crippen LogP contribution is 2.34. The Kier molecular flexibility index (Phi) is 3.01. The van der Waals surface area contributed by atoms with Crippen LogP contribution < -0.4 is 0 Å². The van der Waals surface area contributed by atoms with Crippen LogP contribution in [-0.4, -0.2) is 38.1 Å². The quantitative estimate of drug-likeness (QED) is 0.870. The number of hydrogen-bond donors (Lipinski definition) is 1. The molecule has 1 aliphatic heterocycles. The lowest BCUT2D eigenvalue weighted by Crippen LogP contribution is -2.58. The summed E-state index contributed by atoms with van der Waals surface area (Å²) in [7, 11) is -3.54. The second-order valence-electron chi connectivity index (χ2n) is 4.61. The minimum absolute atomic E-state index is 0.0687. The van der Waals surface area contributed by atoms with Gasteiger partial charge in [-0.2, -0.15) is 0 Å². The van der Waals surface area contributed by atoms with Gasteiger partial charge in [0, 0.05) is 0 Å². The molecule has 1 N–H and O–H groups in total. The topological polar surface area (TPSA) is 63.6 Å². The number of sulfone groups is 1. The Hall–Kier alpha value is -0.910. The zero-order valence-corrected chi connectivity index (χ0v) is 10.8. The van der Waals surface area contributed by atoms with Crippen molar-refractivity contribution in [3.63, 3.8) is 0 Å². The van der Waals surface area contributed by atoms with E-state index in [1.165, 1.54) is 0 Å². The third-order valence-corrected chi connectivity index (χ3v) is 5.75. The van der Waals surface area contributed by atoms with Gasteiger partial charge >= 0.3 is 0 Å². The highest BCUT2D eigenvalue weighted by molar-refractivity contribution is 7.93. The van der Waals surface area contributed by atoms with E-state index in [9.17, 15) is 13.5 Å². The van der Waals surface area contributed by atoms with Crippen molar-refractivity contribution in [3.8, 4) is 0 Å². The molecule has 0 radical (unpaired) electrons. The number of aliphatic hydroxyl groups is 1. The van der Waals surface area contributed by atoms with Crippen LogP contribution in [0.3, 0.4) is 0 Å². The number of aliphatic hydroxyl groups excluding tert-OH is 1. The van der Waals surface area contributed by atoms with Gasteiger partial charge in [-0.05, 0) is 31.0 Å². The number of rotatable bonds is 3. The van der Waals surface area contributed by atoms with Crippen molar-refractivity contribution in [2.24, 2.45) is 0 Å². The van der Waals surface area contributed by atoms with Gasteiger partial charge in [0.2, 0.25) is 0 Å². The summed E-state index contributed by atoms with van der Waals surface area (Å²) in [5.74, 6) is 0. The maximum Gasteiger partial charge on any atom is 0.191 e. The highest BCUT2D eigenvalue weighted by Gasteiger charge is 2.51. The smallest absolute Gasteiger partial charge is 0.191 e. The Morgan fingerprint density at radius 2 is 2.00 bits per heavy atom. The minimum Gasteiger partial charge on any atom is -0.395 e. The Balaban J connectivity index is 2.55. The van der Waals surface area contributed by atoms with Crippen LogP contribution in [0.1, 0.15) is 11.1 Å². The molecule has 94 valence electrons. The molecule has 17 heavy (non-hydrogen) atoms. The first-order valence-electron chi connectivity index (χ1n) is 5.43. The molecule has 0 aromatic heterocycles. The highest BCUT2D eigenvalue weighted by atomic mass is 32.2. The van der Waals surface area contributed by atoms with E-state index in [1.54, 1.807) is 19.1 Å². The van der Waals surface area contributed by atoms with E-state index in [2.05, 4.69) is 0 Å². The van der Waals surface area contributed by atoms with Crippen molar-refractivity contribution in [2.75, 3.05) is 19.8 Å². The SMILES string of the molecule is Cc1ccc(C)c(S(=O)(=O)C2(CO)COC2)c1. The summed E-state index contributed by atoms with van der Waals surface area (Å²) in [5, 5.41) is 9.33. The normalized spacial score (nSPS) is 18.8. The van der Waals surface area contributed by atoms with Gasteiger partial charge in [0.25, 0.3) is 0 Å². The van der Waals surface area contributed by atoms with E-state index in [4.69, 9.17) is 4.74 Å². The summed E-state index contributed by atoms with van der Waals surface area (Å²) in [6, 6.07) is 5.31. The van der Waals surface area contributed by atoms with E-state index in [0.717, 1.165) is 5.56 Å². The average molecular weight is 256 g/mol. The molecule has 5 heteroatoms. The molecule has 1 saturated heterocycles. The number of ether oxygens (including phenoxy) is 1. The second kappa shape index (κ2) is 4.08. The van der Waals surface area contributed by atoms with Gasteiger partial charge in [0.1, 0.15) is 4.75 Å². The van der Waals surface area contributed by atoms with E-state index in [0.29, 0.717) is 10.5 Å².